The van der Waals surface area contributed by atoms with Crippen molar-refractivity contribution in [1.29, 1.82) is 0 Å². The maximum Gasteiger partial charge on any atom is 0.274 e. The summed E-state index contributed by atoms with van der Waals surface area (Å²) in [5.74, 6) is -1.21. The van der Waals surface area contributed by atoms with E-state index in [0.717, 1.165) is 48.2 Å². The predicted molar refractivity (Wildman–Crippen MR) is 265 cm³/mol. The number of nitrogens with zero attached hydrogens (tertiary/aromatic N) is 4. The highest BCUT2D eigenvalue weighted by Crippen LogP contribution is 2.56. The zero-order valence-electron chi connectivity index (χ0n) is 42.0. The number of phosphoric acid groups is 3. The molecule has 416 valence electrons. The number of nitrogen functional groups attached to an aromatic ring is 1. The van der Waals surface area contributed by atoms with Crippen molar-refractivity contribution in [3.05, 3.63) is 37.0 Å². The molecule has 7 atom stereocenters. The summed E-state index contributed by atoms with van der Waals surface area (Å²) in [6, 6.07) is 0. The summed E-state index contributed by atoms with van der Waals surface area (Å²) >= 11 is 1.06. The summed E-state index contributed by atoms with van der Waals surface area (Å²) in [7, 11) is -17.6. The molecule has 0 spiro atoms. The lowest BCUT2D eigenvalue weighted by molar-refractivity contribution is -0.347. The van der Waals surface area contributed by atoms with Gasteiger partial charge in [0.15, 0.2) is 17.7 Å². The topological polar surface area (TPSA) is 375 Å². The van der Waals surface area contributed by atoms with Crippen molar-refractivity contribution in [2.75, 3.05) is 37.8 Å². The number of unbranched alkanes of at least 4 members (excludes halogenated alkanes) is 16. The summed E-state index contributed by atoms with van der Waals surface area (Å²) in [4.78, 5) is 97.0. The normalized spacial score (nSPS) is 19.6. The summed E-state index contributed by atoms with van der Waals surface area (Å²) < 4.78 is 60.9. The van der Waals surface area contributed by atoms with E-state index < -0.39 is 84.6 Å². The van der Waals surface area contributed by atoms with Gasteiger partial charge >= 0.3 is 0 Å². The van der Waals surface area contributed by atoms with Gasteiger partial charge in [0.2, 0.25) is 16.9 Å². The number of nitrogens with two attached hydrogens (primary N) is 1. The molecule has 0 aromatic carbocycles. The van der Waals surface area contributed by atoms with Crippen molar-refractivity contribution in [2.45, 2.75) is 173 Å². The molecule has 2 aromatic heterocycles. The molecular formula is C45H74N7O17P3S-4. The van der Waals surface area contributed by atoms with Crippen LogP contribution in [0.5, 0.6) is 0 Å². The van der Waals surface area contributed by atoms with Crippen LogP contribution in [0.4, 0.5) is 5.82 Å². The zero-order valence-corrected chi connectivity index (χ0v) is 45.5. The van der Waals surface area contributed by atoms with Gasteiger partial charge in [-0.25, -0.2) is 19.3 Å². The number of amides is 2. The largest absolute Gasteiger partial charge is 0.790 e. The second-order valence-corrected chi connectivity index (χ2v) is 23.5. The SMILES string of the molecule is CCCCCCCC/C=C\CCCCCCCCCCC/C=C/C(=O)SCCNC(=O)CCNC(=O)[C@H](O)C(C)(C)COP(=O)([O-])OP(=O)([O-])OC[C@H]1O[C@@H](n2cnc3c(N)ncnc32)[C@H](O)[C@@H]1OP(=O)([O-])[O-]. The van der Waals surface area contributed by atoms with Gasteiger partial charge in [0.25, 0.3) is 15.6 Å². The van der Waals surface area contributed by atoms with Crippen molar-refractivity contribution >= 4 is 69.1 Å². The number of carbonyl (C=O) groups is 3. The quantitative estimate of drug-likeness (QED) is 0.0270. The molecule has 73 heavy (non-hydrogen) atoms. The Morgan fingerprint density at radius 2 is 1.42 bits per heavy atom. The molecule has 2 aromatic rings. The number of aliphatic hydroxyl groups is 2. The summed E-state index contributed by atoms with van der Waals surface area (Å²) in [5, 5.41) is 26.3. The number of hydrogen-bond donors (Lipinski definition) is 5. The van der Waals surface area contributed by atoms with Gasteiger partial charge in [-0.3, -0.25) is 28.1 Å². The molecule has 1 aliphatic heterocycles. The first-order chi connectivity index (χ1) is 34.6. The molecule has 0 bridgehead atoms. The highest BCUT2D eigenvalue weighted by atomic mass is 32.2. The van der Waals surface area contributed by atoms with Crippen molar-refractivity contribution in [3.8, 4) is 0 Å². The molecule has 2 amide bonds. The van der Waals surface area contributed by atoms with Crippen LogP contribution in [0, 0.1) is 5.41 Å². The highest BCUT2D eigenvalue weighted by molar-refractivity contribution is 8.14. The lowest BCUT2D eigenvalue weighted by atomic mass is 9.87. The van der Waals surface area contributed by atoms with Gasteiger partial charge in [-0.05, 0) is 44.6 Å². The number of thioether (sulfide) groups is 1. The number of nitrogens with one attached hydrogen (secondary N) is 2. The van der Waals surface area contributed by atoms with Crippen LogP contribution in [-0.4, -0.2) is 103 Å². The van der Waals surface area contributed by atoms with Gasteiger partial charge in [-0.1, -0.05) is 128 Å². The Hall–Kier alpha value is -2.96. The maximum atomic E-state index is 12.7. The molecule has 28 heteroatoms. The van der Waals surface area contributed by atoms with Crippen LogP contribution in [0.2, 0.25) is 0 Å². The number of aromatic nitrogens is 4. The van der Waals surface area contributed by atoms with E-state index in [-0.39, 0.29) is 41.6 Å². The fraction of sp³-hybridized carbons (Fsp3) is 0.733. The number of aliphatic hydroxyl groups excluding tert-OH is 2. The first-order valence-electron chi connectivity index (χ1n) is 24.9. The minimum absolute atomic E-state index is 0.0195. The summed E-state index contributed by atoms with van der Waals surface area (Å²) in [5.41, 5.74) is 4.09. The Bertz CT molecular complexity index is 2200. The van der Waals surface area contributed by atoms with Crippen LogP contribution in [0.25, 0.3) is 11.2 Å². The number of allylic oxidation sites excluding steroid dienone is 3. The lowest BCUT2D eigenvalue weighted by Crippen LogP contribution is -2.46. The Balaban J connectivity index is 1.24. The standard InChI is InChI=1S/C45H78N7O17P3S/c1-4-5-6-7-8-9-10-11-12-13-14-15-16-17-18-19-20-21-22-23-24-25-36(54)73-29-28-47-35(53)26-27-48-43(57)40(56)45(2,3)31-66-72(63,64)69-71(61,62)65-30-34-39(68-70(58,59)60)38(55)44(67-34)52-33-51-37-41(46)49-32-50-42(37)52/h11-12,24-25,32-34,38-40,44,55-56H,4-10,13-23,26-31H2,1-3H3,(H,47,53)(H,48,57)(H,61,62)(H,63,64)(H2,46,49,50)(H2,58,59,60)/p-4/b12-11-,25-24+/t34-,38-,39-,40+,44-/m1/s1. The van der Waals surface area contributed by atoms with Crippen LogP contribution in [0.1, 0.15) is 149 Å². The number of phosphoric ester groups is 3. The second-order valence-electron chi connectivity index (χ2n) is 18.3. The van der Waals surface area contributed by atoms with Crippen LogP contribution >= 0.6 is 35.2 Å². The van der Waals surface area contributed by atoms with E-state index in [9.17, 15) is 57.9 Å². The maximum absolute atomic E-state index is 12.7. The lowest BCUT2D eigenvalue weighted by Gasteiger charge is -2.36. The highest BCUT2D eigenvalue weighted by Gasteiger charge is 2.47. The number of fused-ring (bicyclic) bond motifs is 1. The smallest absolute Gasteiger partial charge is 0.274 e. The van der Waals surface area contributed by atoms with Crippen LogP contribution in [-0.2, 0) is 50.7 Å². The van der Waals surface area contributed by atoms with Crippen LogP contribution in [0.15, 0.2) is 37.0 Å². The van der Waals surface area contributed by atoms with E-state index >= 15 is 0 Å². The third-order valence-corrected chi connectivity index (χ3v) is 15.4. The van der Waals surface area contributed by atoms with Gasteiger partial charge in [-0.2, -0.15) is 0 Å². The Kier molecular flexibility index (Phi) is 29.3. The monoisotopic (exact) mass is 1110 g/mol. The minimum atomic E-state index is -5.92. The molecule has 6 N–H and O–H groups in total. The van der Waals surface area contributed by atoms with Gasteiger partial charge in [-0.15, -0.1) is 0 Å². The van der Waals surface area contributed by atoms with E-state index in [1.807, 2.05) is 6.08 Å². The molecule has 3 heterocycles. The fourth-order valence-corrected chi connectivity index (χ4v) is 10.9. The average Bonchev–Trinajstić information content (AvgIpc) is 3.88. The molecule has 24 nitrogen and oxygen atoms in total. The first kappa shape index (κ1) is 64.3. The third kappa shape index (κ3) is 25.6. The van der Waals surface area contributed by atoms with Gasteiger partial charge < -0.3 is 69.0 Å². The molecule has 1 saturated heterocycles. The van der Waals surface area contributed by atoms with Crippen LogP contribution < -0.4 is 35.9 Å². The Labute approximate surface area is 431 Å². The molecular weight excluding hydrogens is 1040 g/mol. The molecule has 1 aliphatic rings. The summed E-state index contributed by atoms with van der Waals surface area (Å²) in [6.07, 6.45) is 22.8. The summed E-state index contributed by atoms with van der Waals surface area (Å²) in [6.45, 7) is 2.37. The van der Waals surface area contributed by atoms with Gasteiger partial charge in [0.1, 0.15) is 36.3 Å². The number of rotatable bonds is 39. The number of carbonyl (C=O) groups excluding carboxylic acids is 3. The number of hydrogen-bond acceptors (Lipinski definition) is 22. The van der Waals surface area contributed by atoms with Gasteiger partial charge in [0, 0.05) is 30.7 Å². The molecule has 3 rings (SSSR count). The number of imidazole rings is 1. The minimum Gasteiger partial charge on any atom is -0.790 e. The molecule has 2 unspecified atom stereocenters. The predicted octanol–water partition coefficient (Wildman–Crippen LogP) is 4.29. The van der Waals surface area contributed by atoms with Crippen molar-refractivity contribution in [3.63, 3.8) is 0 Å². The number of ether oxygens (including phenoxy) is 1. The van der Waals surface area contributed by atoms with E-state index in [2.05, 4.69) is 62.5 Å². The van der Waals surface area contributed by atoms with E-state index in [4.69, 9.17) is 10.5 Å². The first-order valence-corrected chi connectivity index (χ1v) is 30.2. The molecule has 0 aliphatic carbocycles. The Morgan fingerprint density at radius 1 is 0.849 bits per heavy atom. The molecule has 0 radical (unpaired) electrons. The van der Waals surface area contributed by atoms with Crippen molar-refractivity contribution < 1.29 is 80.5 Å². The Morgan fingerprint density at radius 3 is 2.03 bits per heavy atom. The van der Waals surface area contributed by atoms with Crippen LogP contribution in [0.3, 0.4) is 0 Å². The molecule has 1 fully saturated rings. The van der Waals surface area contributed by atoms with Crippen molar-refractivity contribution in [2.24, 2.45) is 5.41 Å². The third-order valence-electron chi connectivity index (χ3n) is 11.6. The zero-order chi connectivity index (χ0) is 53.9. The fourth-order valence-electron chi connectivity index (χ4n) is 7.53. The average molecular weight is 1110 g/mol. The van der Waals surface area contributed by atoms with E-state index in [1.165, 1.54) is 110 Å². The van der Waals surface area contributed by atoms with E-state index in [0.29, 0.717) is 5.75 Å². The number of anilines is 1. The second kappa shape index (κ2) is 33.3. The molecule has 0 saturated carbocycles. The van der Waals surface area contributed by atoms with E-state index in [1.54, 1.807) is 6.08 Å². The van der Waals surface area contributed by atoms with Crippen molar-refractivity contribution in [1.82, 2.24) is 30.2 Å². The van der Waals surface area contributed by atoms with Gasteiger partial charge in [0.05, 0.1) is 27.4 Å².